The van der Waals surface area contributed by atoms with Crippen molar-refractivity contribution in [3.05, 3.63) is 66.2 Å². The first-order valence-corrected chi connectivity index (χ1v) is 22.8. The van der Waals surface area contributed by atoms with Gasteiger partial charge in [-0.15, -0.1) is 0 Å². The number of carbonyl (C=O) groups excluding carboxylic acids is 4. The van der Waals surface area contributed by atoms with E-state index in [-0.39, 0.29) is 48.7 Å². The number of morpholine rings is 1. The molecule has 16 nitrogen and oxygen atoms in total. The molecule has 2 aromatic heterocycles. The Morgan fingerprint density at radius 2 is 1.73 bits per heavy atom. The normalized spacial score (nSPS) is 26.5. The van der Waals surface area contributed by atoms with Crippen molar-refractivity contribution in [2.75, 3.05) is 32.8 Å². The van der Waals surface area contributed by atoms with Gasteiger partial charge in [0.25, 0.3) is 11.8 Å². The van der Waals surface area contributed by atoms with E-state index in [0.717, 1.165) is 18.6 Å². The van der Waals surface area contributed by atoms with Crippen LogP contribution in [0.5, 0.6) is 5.88 Å². The van der Waals surface area contributed by atoms with Gasteiger partial charge in [0.15, 0.2) is 5.82 Å². The van der Waals surface area contributed by atoms with E-state index in [9.17, 15) is 40.8 Å². The number of allylic oxidation sites excluding steroid dienone is 1. The summed E-state index contributed by atoms with van der Waals surface area (Å²) in [4.78, 5) is 69.0. The first kappa shape index (κ1) is 42.5. The Labute approximate surface area is 360 Å². The molecule has 0 bridgehead atoms. The Kier molecular flexibility index (Phi) is 11.3. The number of urea groups is 1. The lowest BCUT2D eigenvalue weighted by Gasteiger charge is -2.32. The summed E-state index contributed by atoms with van der Waals surface area (Å²) in [6.45, 7) is 1.16. The van der Waals surface area contributed by atoms with E-state index in [1.165, 1.54) is 17.0 Å². The number of hydrogen-bond donors (Lipinski definition) is 3. The number of nitrogens with one attached hydrogen (secondary N) is 3. The van der Waals surface area contributed by atoms with Crippen LogP contribution in [0.3, 0.4) is 0 Å². The predicted octanol–water partition coefficient (Wildman–Crippen LogP) is 4.82. The second kappa shape index (κ2) is 16.7. The van der Waals surface area contributed by atoms with E-state index < -0.39 is 80.4 Å². The Morgan fingerprint density at radius 3 is 2.48 bits per heavy atom. The molecule has 4 aromatic rings. The molecule has 2 saturated carbocycles. The smallest absolute Gasteiger partial charge is 0.416 e. The molecule has 2 aromatic carbocycles. The van der Waals surface area contributed by atoms with Gasteiger partial charge in [0.1, 0.15) is 34.8 Å². The monoisotopic (exact) mass is 893 g/mol. The van der Waals surface area contributed by atoms with Crippen LogP contribution >= 0.6 is 0 Å². The van der Waals surface area contributed by atoms with Crippen LogP contribution in [-0.4, -0.2) is 114 Å². The molecule has 5 aliphatic rings. The van der Waals surface area contributed by atoms with Gasteiger partial charge in [-0.25, -0.2) is 18.2 Å². The van der Waals surface area contributed by atoms with E-state index in [0.29, 0.717) is 74.9 Å². The number of aromatic nitrogens is 2. The first-order chi connectivity index (χ1) is 30.2. The Morgan fingerprint density at radius 1 is 0.968 bits per heavy atom. The van der Waals surface area contributed by atoms with Gasteiger partial charge in [-0.2, -0.15) is 18.2 Å². The van der Waals surface area contributed by atoms with Crippen molar-refractivity contribution in [2.45, 2.75) is 92.9 Å². The minimum Gasteiger partial charge on any atom is -0.470 e. The van der Waals surface area contributed by atoms with Gasteiger partial charge in [0, 0.05) is 36.4 Å². The van der Waals surface area contributed by atoms with Crippen molar-refractivity contribution < 1.29 is 54.7 Å². The lowest BCUT2D eigenvalue weighted by molar-refractivity contribution is -0.141. The van der Waals surface area contributed by atoms with Gasteiger partial charge in [-0.1, -0.05) is 49.3 Å². The van der Waals surface area contributed by atoms with Crippen LogP contribution in [0.2, 0.25) is 0 Å². The van der Waals surface area contributed by atoms with Gasteiger partial charge in [-0.3, -0.25) is 19.1 Å². The third-order valence-electron chi connectivity index (χ3n) is 12.4. The zero-order valence-corrected chi connectivity index (χ0v) is 34.9. The summed E-state index contributed by atoms with van der Waals surface area (Å²) < 4.78 is 86.7. The van der Waals surface area contributed by atoms with Crippen molar-refractivity contribution >= 4 is 55.8 Å². The molecule has 20 heteroatoms. The van der Waals surface area contributed by atoms with E-state index >= 15 is 0 Å². The number of rotatable bonds is 7. The summed E-state index contributed by atoms with van der Waals surface area (Å²) in [5.74, 6) is -2.70. The van der Waals surface area contributed by atoms with Gasteiger partial charge in [-0.05, 0) is 62.8 Å². The van der Waals surface area contributed by atoms with E-state index in [2.05, 4.69) is 25.3 Å². The predicted molar refractivity (Wildman–Crippen MR) is 220 cm³/mol. The number of amides is 5. The SMILES string of the molecule is O=C1N[C@]2(C(=O)NS(=O)(=O)C3CC3)C[C@@H]2/C=C\CCCCC[C@H](NC(=O)N2CCOCC2)C(=O)N2C[C@H](Oc3nc(-c4ccc(C(F)(F)F)cc4)nc4c3oc3ccccc34)C[C@@H]12. The van der Waals surface area contributed by atoms with Gasteiger partial charge < -0.3 is 34.3 Å². The quantitative estimate of drug-likeness (QED) is 0.215. The van der Waals surface area contributed by atoms with E-state index in [1.807, 2.05) is 12.2 Å². The third kappa shape index (κ3) is 8.78. The standard InChI is InChI=1S/C43H46F3N7O9S/c44-43(45,46)26-14-12-25(13-15-26)36-48-34-30-9-6-7-11-33(30)62-35(34)38(49-36)61-28-22-32-37(54)50-42(40(56)51-63(58,59)29-16-17-29)23-27(42)8-4-2-1-3-5-10-31(39(55)53(32)24-28)47-41(57)52-18-20-60-21-19-52/h4,6-9,11-15,27-29,31-32H,1-3,5,10,16-24H2,(H,47,57)(H,50,54)(H,51,56)/b8-4-/t27-,28+,31-,32-,42+/m0/s1. The zero-order valence-electron chi connectivity index (χ0n) is 34.1. The molecule has 0 radical (unpaired) electrons. The van der Waals surface area contributed by atoms with E-state index in [4.69, 9.17) is 13.9 Å². The molecular formula is C43H46F3N7O9S. The fourth-order valence-corrected chi connectivity index (χ4v) is 9.96. The zero-order chi connectivity index (χ0) is 44.1. The number of ether oxygens (including phenoxy) is 2. The van der Waals surface area contributed by atoms with Crippen LogP contribution in [0.1, 0.15) is 63.4 Å². The summed E-state index contributed by atoms with van der Waals surface area (Å²) in [6.07, 6.45) is 2.03. The molecule has 5 amide bonds. The highest BCUT2D eigenvalue weighted by Gasteiger charge is 2.62. The number of furan rings is 1. The summed E-state index contributed by atoms with van der Waals surface area (Å²) in [6, 6.07) is 8.58. The fraction of sp³-hybridized carbons (Fsp3) is 0.488. The molecule has 0 spiro atoms. The summed E-state index contributed by atoms with van der Waals surface area (Å²) in [5.41, 5.74) is -1.32. The molecule has 63 heavy (non-hydrogen) atoms. The van der Waals surface area contributed by atoms with Crippen molar-refractivity contribution in [2.24, 2.45) is 5.92 Å². The van der Waals surface area contributed by atoms with Crippen molar-refractivity contribution in [1.82, 2.24) is 35.1 Å². The topological polar surface area (TPSA) is 202 Å². The molecule has 334 valence electrons. The summed E-state index contributed by atoms with van der Waals surface area (Å²) in [7, 11) is -3.97. The third-order valence-corrected chi connectivity index (χ3v) is 14.2. The van der Waals surface area contributed by atoms with Crippen molar-refractivity contribution in [1.29, 1.82) is 0 Å². The van der Waals surface area contributed by atoms with Crippen molar-refractivity contribution in [3.63, 3.8) is 0 Å². The number of para-hydroxylation sites is 1. The molecular weight excluding hydrogens is 848 g/mol. The molecule has 2 aliphatic carbocycles. The Bertz CT molecular complexity index is 2580. The molecule has 2 saturated heterocycles. The lowest BCUT2D eigenvalue weighted by atomic mass is 10.0. The molecule has 3 N–H and O–H groups in total. The molecule has 9 rings (SSSR count). The van der Waals surface area contributed by atoms with Crippen LogP contribution in [0.25, 0.3) is 33.5 Å². The highest BCUT2D eigenvalue weighted by atomic mass is 32.2. The van der Waals surface area contributed by atoms with Crippen LogP contribution in [0.4, 0.5) is 18.0 Å². The van der Waals surface area contributed by atoms with Crippen LogP contribution in [-0.2, 0) is 35.3 Å². The minimum absolute atomic E-state index is 0.0345. The summed E-state index contributed by atoms with van der Waals surface area (Å²) in [5, 5.41) is 5.65. The maximum atomic E-state index is 14.8. The Hall–Kier alpha value is -5.76. The number of nitrogens with zero attached hydrogens (tertiary/aromatic N) is 4. The molecule has 0 unspecified atom stereocenters. The number of halogens is 3. The second-order valence-corrected chi connectivity index (χ2v) is 18.8. The number of hydrogen-bond acceptors (Lipinski definition) is 11. The van der Waals surface area contributed by atoms with E-state index in [1.54, 1.807) is 29.2 Å². The van der Waals surface area contributed by atoms with Crippen LogP contribution in [0, 0.1) is 5.92 Å². The lowest BCUT2D eigenvalue weighted by Crippen LogP contribution is -2.59. The Balaban J connectivity index is 1.06. The van der Waals surface area contributed by atoms with Gasteiger partial charge in [0.05, 0.1) is 30.6 Å². The van der Waals surface area contributed by atoms with Crippen LogP contribution in [0.15, 0.2) is 65.1 Å². The second-order valence-electron chi connectivity index (χ2n) is 16.8. The highest BCUT2D eigenvalue weighted by Crippen LogP contribution is 2.46. The van der Waals surface area contributed by atoms with Gasteiger partial charge >= 0.3 is 12.2 Å². The average Bonchev–Trinajstić information content (AvgIpc) is 4.17. The molecule has 5 heterocycles. The maximum Gasteiger partial charge on any atom is 0.416 e. The van der Waals surface area contributed by atoms with Gasteiger partial charge in [0.2, 0.25) is 27.4 Å². The number of fused-ring (bicyclic) bond motifs is 5. The first-order valence-electron chi connectivity index (χ1n) is 21.2. The highest BCUT2D eigenvalue weighted by molar-refractivity contribution is 7.91. The van der Waals surface area contributed by atoms with Crippen molar-refractivity contribution in [3.8, 4) is 17.3 Å². The number of benzene rings is 2. The van der Waals surface area contributed by atoms with Crippen LogP contribution < -0.4 is 20.1 Å². The molecule has 5 atom stereocenters. The number of sulfonamides is 1. The molecule has 4 fully saturated rings. The largest absolute Gasteiger partial charge is 0.470 e. The number of carbonyl (C=O) groups is 4. The minimum atomic E-state index is -4.57. The maximum absolute atomic E-state index is 14.8. The summed E-state index contributed by atoms with van der Waals surface area (Å²) >= 11 is 0. The fourth-order valence-electron chi connectivity index (χ4n) is 8.59. The number of alkyl halides is 3. The molecule has 3 aliphatic heterocycles. The average molecular weight is 894 g/mol.